The van der Waals surface area contributed by atoms with E-state index in [1.54, 1.807) is 7.11 Å². The topological polar surface area (TPSA) is 55.4 Å². The summed E-state index contributed by atoms with van der Waals surface area (Å²) in [4.78, 5) is 22.8. The Morgan fingerprint density at radius 3 is 2.71 bits per heavy atom. The summed E-state index contributed by atoms with van der Waals surface area (Å²) in [6.45, 7) is 4.33. The zero-order valence-corrected chi connectivity index (χ0v) is 8.92. The average molecular weight is 199 g/mol. The highest BCUT2D eigenvalue weighted by molar-refractivity contribution is 5.99. The zero-order valence-electron chi connectivity index (χ0n) is 8.92. The number of piperidine rings is 1. The highest BCUT2D eigenvalue weighted by Gasteiger charge is 2.44. The number of methoxy groups -OCH3 is 1. The number of amides is 2. The van der Waals surface area contributed by atoms with Gasteiger partial charge < -0.3 is 4.74 Å². The predicted octanol–water partition coefficient (Wildman–Crippen LogP) is 0.712. The minimum Gasteiger partial charge on any atom is -0.384 e. The Morgan fingerprint density at radius 1 is 1.57 bits per heavy atom. The molecule has 2 amide bonds. The van der Waals surface area contributed by atoms with Crippen LogP contribution >= 0.6 is 0 Å². The van der Waals surface area contributed by atoms with E-state index in [-0.39, 0.29) is 23.1 Å². The van der Waals surface area contributed by atoms with Crippen LogP contribution in [0.15, 0.2) is 0 Å². The lowest BCUT2D eigenvalue weighted by molar-refractivity contribution is -0.145. The quantitative estimate of drug-likeness (QED) is 0.681. The zero-order chi connectivity index (χ0) is 10.8. The third-order valence-corrected chi connectivity index (χ3v) is 2.87. The largest absolute Gasteiger partial charge is 0.384 e. The van der Waals surface area contributed by atoms with Crippen molar-refractivity contribution in [1.29, 1.82) is 0 Å². The van der Waals surface area contributed by atoms with Gasteiger partial charge in [0.25, 0.3) is 0 Å². The summed E-state index contributed by atoms with van der Waals surface area (Å²) in [6.07, 6.45) is 1.10. The number of rotatable bonds is 3. The van der Waals surface area contributed by atoms with Gasteiger partial charge in [0.1, 0.15) is 0 Å². The molecule has 0 aromatic carbocycles. The van der Waals surface area contributed by atoms with E-state index >= 15 is 0 Å². The van der Waals surface area contributed by atoms with E-state index < -0.39 is 0 Å². The van der Waals surface area contributed by atoms with Gasteiger partial charge in [0.15, 0.2) is 0 Å². The van der Waals surface area contributed by atoms with Crippen molar-refractivity contribution < 1.29 is 14.3 Å². The van der Waals surface area contributed by atoms with Gasteiger partial charge in [0.2, 0.25) is 11.8 Å². The van der Waals surface area contributed by atoms with Crippen molar-refractivity contribution in [3.8, 4) is 0 Å². The van der Waals surface area contributed by atoms with Gasteiger partial charge in [-0.3, -0.25) is 14.9 Å². The number of imide groups is 1. The Balaban J connectivity index is 2.87. The first kappa shape index (κ1) is 11.2. The molecule has 4 heteroatoms. The molecule has 2 atom stereocenters. The number of hydrogen-bond acceptors (Lipinski definition) is 3. The van der Waals surface area contributed by atoms with Crippen molar-refractivity contribution in [3.63, 3.8) is 0 Å². The highest BCUT2D eigenvalue weighted by atomic mass is 16.5. The third-order valence-electron chi connectivity index (χ3n) is 2.87. The first-order valence-electron chi connectivity index (χ1n) is 4.86. The predicted molar refractivity (Wildman–Crippen MR) is 51.5 cm³/mol. The second-order valence-electron chi connectivity index (χ2n) is 4.14. The van der Waals surface area contributed by atoms with Crippen molar-refractivity contribution in [2.45, 2.75) is 26.7 Å². The van der Waals surface area contributed by atoms with Gasteiger partial charge in [-0.25, -0.2) is 0 Å². The molecule has 0 aromatic heterocycles. The Labute approximate surface area is 84.0 Å². The van der Waals surface area contributed by atoms with Gasteiger partial charge in [0.05, 0.1) is 6.61 Å². The summed E-state index contributed by atoms with van der Waals surface area (Å²) in [6, 6.07) is 0. The molecule has 0 aromatic rings. The molecule has 2 unspecified atom stereocenters. The van der Waals surface area contributed by atoms with Crippen molar-refractivity contribution in [3.05, 3.63) is 0 Å². The lowest BCUT2D eigenvalue weighted by Gasteiger charge is -2.38. The van der Waals surface area contributed by atoms with E-state index in [1.807, 2.05) is 13.8 Å². The van der Waals surface area contributed by atoms with Crippen LogP contribution in [0.4, 0.5) is 0 Å². The van der Waals surface area contributed by atoms with Crippen LogP contribution in [0.25, 0.3) is 0 Å². The van der Waals surface area contributed by atoms with Crippen LogP contribution in [0.3, 0.4) is 0 Å². The summed E-state index contributed by atoms with van der Waals surface area (Å²) >= 11 is 0. The third kappa shape index (κ3) is 1.95. The Hall–Kier alpha value is -0.900. The SMILES string of the molecule is CCC1C(=O)NC(=O)CC1(C)COC. The van der Waals surface area contributed by atoms with Gasteiger partial charge in [-0.15, -0.1) is 0 Å². The molecule has 1 aliphatic rings. The number of carbonyl (C=O) groups is 2. The molecule has 0 radical (unpaired) electrons. The minimum absolute atomic E-state index is 0.125. The maximum Gasteiger partial charge on any atom is 0.230 e. The maximum absolute atomic E-state index is 11.5. The summed E-state index contributed by atoms with van der Waals surface area (Å²) < 4.78 is 5.08. The van der Waals surface area contributed by atoms with Crippen molar-refractivity contribution in [2.24, 2.45) is 11.3 Å². The fourth-order valence-corrected chi connectivity index (χ4v) is 2.23. The standard InChI is InChI=1S/C10H17NO3/c1-4-7-9(13)11-8(12)5-10(7,2)6-14-3/h7H,4-6H2,1-3H3,(H,11,12,13). The van der Waals surface area contributed by atoms with Crippen molar-refractivity contribution in [1.82, 2.24) is 5.32 Å². The molecular formula is C10H17NO3. The Kier molecular flexibility index (Phi) is 3.26. The second-order valence-corrected chi connectivity index (χ2v) is 4.14. The number of ether oxygens (including phenoxy) is 1. The van der Waals surface area contributed by atoms with Crippen molar-refractivity contribution >= 4 is 11.8 Å². The maximum atomic E-state index is 11.5. The van der Waals surface area contributed by atoms with E-state index in [0.29, 0.717) is 13.0 Å². The molecule has 0 saturated carbocycles. The average Bonchev–Trinajstić information content (AvgIpc) is 2.02. The van der Waals surface area contributed by atoms with Crippen LogP contribution in [-0.2, 0) is 14.3 Å². The van der Waals surface area contributed by atoms with E-state index in [9.17, 15) is 9.59 Å². The van der Waals surface area contributed by atoms with E-state index in [2.05, 4.69) is 5.32 Å². The molecule has 1 N–H and O–H groups in total. The Morgan fingerprint density at radius 2 is 2.21 bits per heavy atom. The van der Waals surface area contributed by atoms with E-state index in [4.69, 9.17) is 4.74 Å². The molecule has 1 saturated heterocycles. The van der Waals surface area contributed by atoms with Crippen LogP contribution in [0.1, 0.15) is 26.7 Å². The molecule has 1 heterocycles. The number of nitrogens with one attached hydrogen (secondary N) is 1. The number of carbonyl (C=O) groups excluding carboxylic acids is 2. The lowest BCUT2D eigenvalue weighted by atomic mass is 9.71. The monoisotopic (exact) mass is 199 g/mol. The normalized spacial score (nSPS) is 32.9. The summed E-state index contributed by atoms with van der Waals surface area (Å²) in [5.41, 5.74) is -0.344. The molecule has 14 heavy (non-hydrogen) atoms. The van der Waals surface area contributed by atoms with Gasteiger partial charge >= 0.3 is 0 Å². The van der Waals surface area contributed by atoms with Crippen LogP contribution in [0.2, 0.25) is 0 Å². The lowest BCUT2D eigenvalue weighted by Crippen LogP contribution is -2.52. The van der Waals surface area contributed by atoms with Crippen LogP contribution in [0, 0.1) is 11.3 Å². The second kappa shape index (κ2) is 4.09. The first-order valence-corrected chi connectivity index (χ1v) is 4.86. The molecule has 1 aliphatic heterocycles. The Bertz CT molecular complexity index is 252. The summed E-state index contributed by atoms with van der Waals surface area (Å²) in [5, 5.41) is 2.36. The highest BCUT2D eigenvalue weighted by Crippen LogP contribution is 2.36. The van der Waals surface area contributed by atoms with Crippen LogP contribution in [0.5, 0.6) is 0 Å². The first-order chi connectivity index (χ1) is 6.53. The summed E-state index contributed by atoms with van der Waals surface area (Å²) in [7, 11) is 1.59. The van der Waals surface area contributed by atoms with Gasteiger partial charge in [-0.1, -0.05) is 13.8 Å². The molecule has 4 nitrogen and oxygen atoms in total. The smallest absolute Gasteiger partial charge is 0.230 e. The van der Waals surface area contributed by atoms with E-state index in [0.717, 1.165) is 6.42 Å². The molecule has 1 fully saturated rings. The molecule has 0 aliphatic carbocycles. The fourth-order valence-electron chi connectivity index (χ4n) is 2.23. The molecular weight excluding hydrogens is 182 g/mol. The molecule has 0 bridgehead atoms. The molecule has 80 valence electrons. The van der Waals surface area contributed by atoms with Gasteiger partial charge in [-0.2, -0.15) is 0 Å². The number of hydrogen-bond donors (Lipinski definition) is 1. The molecule has 1 rings (SSSR count). The van der Waals surface area contributed by atoms with Gasteiger partial charge in [0, 0.05) is 24.9 Å². The molecule has 0 spiro atoms. The minimum atomic E-state index is -0.344. The summed E-state index contributed by atoms with van der Waals surface area (Å²) in [5.74, 6) is -0.484. The fraction of sp³-hybridized carbons (Fsp3) is 0.800. The van der Waals surface area contributed by atoms with Crippen molar-refractivity contribution in [2.75, 3.05) is 13.7 Å². The van der Waals surface area contributed by atoms with E-state index in [1.165, 1.54) is 0 Å². The van der Waals surface area contributed by atoms with Crippen LogP contribution < -0.4 is 5.32 Å². The van der Waals surface area contributed by atoms with Crippen LogP contribution in [-0.4, -0.2) is 25.5 Å². The van der Waals surface area contributed by atoms with Gasteiger partial charge in [-0.05, 0) is 6.42 Å².